The van der Waals surface area contributed by atoms with Crippen LogP contribution in [0.25, 0.3) is 0 Å². The highest BCUT2D eigenvalue weighted by Crippen LogP contribution is 2.09. The van der Waals surface area contributed by atoms with E-state index in [4.69, 9.17) is 13.0 Å². The van der Waals surface area contributed by atoms with Crippen molar-refractivity contribution in [3.05, 3.63) is 53.1 Å². The number of aryl methyl sites for hydroxylation is 1. The molecule has 0 bridgehead atoms. The SMILES string of the molecule is [B]c1cccc(CC/C=C(\C)CC/C=C(\C)CO)c1. The lowest BCUT2D eigenvalue weighted by Gasteiger charge is -2.02. The zero-order valence-corrected chi connectivity index (χ0v) is 12.0. The molecule has 1 aromatic rings. The number of aliphatic hydroxyl groups is 1. The van der Waals surface area contributed by atoms with Gasteiger partial charge in [0.05, 0.1) is 6.61 Å². The van der Waals surface area contributed by atoms with Gasteiger partial charge in [-0.2, -0.15) is 0 Å². The fourth-order valence-electron chi connectivity index (χ4n) is 1.95. The minimum atomic E-state index is 0.165. The Morgan fingerprint density at radius 2 is 1.89 bits per heavy atom. The fraction of sp³-hybridized carbons (Fsp3) is 0.412. The lowest BCUT2D eigenvalue weighted by atomic mass is 9.93. The summed E-state index contributed by atoms with van der Waals surface area (Å²) in [6.07, 6.45) is 8.56. The van der Waals surface area contributed by atoms with Gasteiger partial charge in [0.15, 0.2) is 0 Å². The van der Waals surface area contributed by atoms with Gasteiger partial charge >= 0.3 is 0 Å². The van der Waals surface area contributed by atoms with Crippen LogP contribution in [0, 0.1) is 0 Å². The number of benzene rings is 1. The lowest BCUT2D eigenvalue weighted by molar-refractivity contribution is 0.331. The van der Waals surface area contributed by atoms with Crippen molar-refractivity contribution in [3.63, 3.8) is 0 Å². The van der Waals surface area contributed by atoms with Crippen molar-refractivity contribution in [2.75, 3.05) is 6.61 Å². The maximum absolute atomic E-state index is 8.90. The number of hydrogen-bond acceptors (Lipinski definition) is 1. The van der Waals surface area contributed by atoms with Gasteiger partial charge in [-0.1, -0.05) is 53.0 Å². The molecule has 0 aliphatic heterocycles. The summed E-state index contributed by atoms with van der Waals surface area (Å²) in [7, 11) is 5.76. The van der Waals surface area contributed by atoms with E-state index < -0.39 is 0 Å². The molecule has 0 fully saturated rings. The van der Waals surface area contributed by atoms with Gasteiger partial charge in [-0.25, -0.2) is 0 Å². The van der Waals surface area contributed by atoms with E-state index in [2.05, 4.69) is 25.1 Å². The monoisotopic (exact) mass is 254 g/mol. The molecular formula is C17H23BO. The van der Waals surface area contributed by atoms with Crippen LogP contribution in [-0.2, 0) is 6.42 Å². The molecule has 0 saturated heterocycles. The summed E-state index contributed by atoms with van der Waals surface area (Å²) in [5.74, 6) is 0. The molecule has 0 atom stereocenters. The van der Waals surface area contributed by atoms with Gasteiger partial charge in [0.25, 0.3) is 0 Å². The van der Waals surface area contributed by atoms with Crippen LogP contribution in [0.3, 0.4) is 0 Å². The average Bonchev–Trinajstić information content (AvgIpc) is 2.38. The molecule has 1 N–H and O–H groups in total. The maximum Gasteiger partial charge on any atom is 0.113 e. The Kier molecular flexibility index (Phi) is 7.28. The van der Waals surface area contributed by atoms with Crippen LogP contribution in [0.2, 0.25) is 0 Å². The van der Waals surface area contributed by atoms with E-state index in [0.717, 1.165) is 36.7 Å². The molecule has 1 rings (SSSR count). The Morgan fingerprint density at radius 1 is 1.16 bits per heavy atom. The molecule has 2 radical (unpaired) electrons. The molecule has 19 heavy (non-hydrogen) atoms. The second kappa shape index (κ2) is 8.76. The van der Waals surface area contributed by atoms with Crippen molar-refractivity contribution >= 4 is 13.3 Å². The van der Waals surface area contributed by atoms with Crippen LogP contribution in [0.15, 0.2) is 47.6 Å². The van der Waals surface area contributed by atoms with Gasteiger partial charge in [-0.15, -0.1) is 0 Å². The zero-order valence-electron chi connectivity index (χ0n) is 12.0. The van der Waals surface area contributed by atoms with Crippen molar-refractivity contribution in [1.29, 1.82) is 0 Å². The first kappa shape index (κ1) is 15.8. The summed E-state index contributed by atoms with van der Waals surface area (Å²) in [5.41, 5.74) is 4.58. The Labute approximate surface area is 118 Å². The highest BCUT2D eigenvalue weighted by molar-refractivity contribution is 6.32. The molecule has 0 aliphatic rings. The molecule has 0 unspecified atom stereocenters. The van der Waals surface area contributed by atoms with Crippen molar-refractivity contribution < 1.29 is 5.11 Å². The van der Waals surface area contributed by atoms with E-state index in [1.165, 1.54) is 11.1 Å². The summed E-state index contributed by atoms with van der Waals surface area (Å²) < 4.78 is 0. The Morgan fingerprint density at radius 3 is 2.58 bits per heavy atom. The quantitative estimate of drug-likeness (QED) is 0.585. The predicted octanol–water partition coefficient (Wildman–Crippen LogP) is 3.08. The summed E-state index contributed by atoms with van der Waals surface area (Å²) in [6.45, 7) is 4.29. The smallest absolute Gasteiger partial charge is 0.113 e. The number of aliphatic hydroxyl groups excluding tert-OH is 1. The topological polar surface area (TPSA) is 20.2 Å². The first-order chi connectivity index (χ1) is 9.11. The van der Waals surface area contributed by atoms with Crippen LogP contribution in [0.4, 0.5) is 0 Å². The van der Waals surface area contributed by atoms with Gasteiger partial charge < -0.3 is 5.11 Å². The van der Waals surface area contributed by atoms with E-state index in [0.29, 0.717) is 0 Å². The molecule has 1 aromatic carbocycles. The largest absolute Gasteiger partial charge is 0.392 e. The van der Waals surface area contributed by atoms with E-state index >= 15 is 0 Å². The molecule has 0 heterocycles. The molecule has 0 amide bonds. The van der Waals surface area contributed by atoms with E-state index in [-0.39, 0.29) is 6.61 Å². The maximum atomic E-state index is 8.90. The van der Waals surface area contributed by atoms with Crippen molar-refractivity contribution in [2.45, 2.75) is 39.5 Å². The number of allylic oxidation sites excluding steroid dienone is 3. The lowest BCUT2D eigenvalue weighted by Crippen LogP contribution is -2.01. The zero-order chi connectivity index (χ0) is 14.1. The van der Waals surface area contributed by atoms with Crippen LogP contribution in [0.5, 0.6) is 0 Å². The predicted molar refractivity (Wildman–Crippen MR) is 84.0 cm³/mol. The summed E-state index contributed by atoms with van der Waals surface area (Å²) in [5, 5.41) is 8.90. The summed E-state index contributed by atoms with van der Waals surface area (Å²) in [4.78, 5) is 0. The van der Waals surface area contributed by atoms with Gasteiger partial charge in [-0.05, 0) is 45.1 Å². The van der Waals surface area contributed by atoms with Crippen LogP contribution < -0.4 is 5.46 Å². The molecule has 1 nitrogen and oxygen atoms in total. The second-order valence-corrected chi connectivity index (χ2v) is 5.08. The van der Waals surface area contributed by atoms with Crippen LogP contribution >= 0.6 is 0 Å². The molecular weight excluding hydrogens is 231 g/mol. The molecule has 100 valence electrons. The minimum absolute atomic E-state index is 0.165. The summed E-state index contributed by atoms with van der Waals surface area (Å²) in [6, 6.07) is 8.08. The van der Waals surface area contributed by atoms with Gasteiger partial charge in [0.1, 0.15) is 7.85 Å². The molecule has 0 spiro atoms. The number of hydrogen-bond donors (Lipinski definition) is 1. The Hall–Kier alpha value is -1.28. The standard InChI is InChI=1S/C17H23BO/c1-14(6-3-8-15(2)13-19)7-4-9-16-10-5-11-17(18)12-16/h5,7-8,10-12,19H,3-4,6,9,13H2,1-2H3/b14-7+,15-8+. The van der Waals surface area contributed by atoms with Crippen LogP contribution in [-0.4, -0.2) is 19.6 Å². The van der Waals surface area contributed by atoms with E-state index in [1.807, 2.05) is 25.1 Å². The highest BCUT2D eigenvalue weighted by atomic mass is 16.3. The van der Waals surface area contributed by atoms with Crippen LogP contribution in [0.1, 0.15) is 38.7 Å². The average molecular weight is 254 g/mol. The summed E-state index contributed by atoms with van der Waals surface area (Å²) >= 11 is 0. The Bertz CT molecular complexity index is 446. The molecule has 2 heteroatoms. The first-order valence-corrected chi connectivity index (χ1v) is 6.88. The minimum Gasteiger partial charge on any atom is -0.392 e. The fourth-order valence-corrected chi connectivity index (χ4v) is 1.95. The third kappa shape index (κ3) is 7.02. The first-order valence-electron chi connectivity index (χ1n) is 6.88. The Balaban J connectivity index is 2.32. The highest BCUT2D eigenvalue weighted by Gasteiger charge is 1.93. The van der Waals surface area contributed by atoms with E-state index in [1.54, 1.807) is 0 Å². The van der Waals surface area contributed by atoms with Crippen molar-refractivity contribution in [2.24, 2.45) is 0 Å². The van der Waals surface area contributed by atoms with E-state index in [9.17, 15) is 0 Å². The molecule has 0 saturated carbocycles. The number of rotatable bonds is 7. The third-order valence-corrected chi connectivity index (χ3v) is 3.16. The van der Waals surface area contributed by atoms with Crippen molar-refractivity contribution in [1.82, 2.24) is 0 Å². The van der Waals surface area contributed by atoms with Gasteiger partial charge in [0, 0.05) is 0 Å². The second-order valence-electron chi connectivity index (χ2n) is 5.08. The molecule has 0 aliphatic carbocycles. The third-order valence-electron chi connectivity index (χ3n) is 3.16. The molecule has 0 aromatic heterocycles. The normalized spacial score (nSPS) is 12.8. The van der Waals surface area contributed by atoms with Gasteiger partial charge in [-0.3, -0.25) is 0 Å². The van der Waals surface area contributed by atoms with Crippen molar-refractivity contribution in [3.8, 4) is 0 Å². The van der Waals surface area contributed by atoms with Gasteiger partial charge in [0.2, 0.25) is 0 Å².